The first-order valence-corrected chi connectivity index (χ1v) is 22.1. The summed E-state index contributed by atoms with van der Waals surface area (Å²) in [5.41, 5.74) is 16.6. The number of anilines is 4. The van der Waals surface area contributed by atoms with Crippen molar-refractivity contribution in [3.63, 3.8) is 0 Å². The monoisotopic (exact) mass is 885 g/mol. The van der Waals surface area contributed by atoms with E-state index in [-0.39, 0.29) is 22.4 Å². The van der Waals surface area contributed by atoms with Gasteiger partial charge in [-0.2, -0.15) is 0 Å². The SMILES string of the molecule is CC(C)c1cccc(C(C)C)c1N1C=CN(c2c(C(C)C)cccc2C(C)C)[CH-]1.CC(C)c1cccc(C(C)C)c1N1C=CN(c2c(C(C)C)cccc2C(C)C)[CH-]1.[Ag+]. The molecular weight excluding hydrogens is 812 g/mol. The fourth-order valence-electron chi connectivity index (χ4n) is 8.48. The van der Waals surface area contributed by atoms with E-state index in [1.807, 2.05) is 0 Å². The molecule has 0 bridgehead atoms. The molecule has 0 spiro atoms. The second-order valence-electron chi connectivity index (χ2n) is 18.8. The average Bonchev–Trinajstić information content (AvgIpc) is 3.87. The van der Waals surface area contributed by atoms with E-state index >= 15 is 0 Å². The van der Waals surface area contributed by atoms with Gasteiger partial charge in [0.1, 0.15) is 0 Å². The summed E-state index contributed by atoms with van der Waals surface area (Å²) in [5.74, 6) is 3.84. The zero-order chi connectivity index (χ0) is 42.6. The Morgan fingerprint density at radius 1 is 0.271 bits per heavy atom. The van der Waals surface area contributed by atoms with E-state index in [1.54, 1.807) is 0 Å². The van der Waals surface area contributed by atoms with Gasteiger partial charge >= 0.3 is 22.4 Å². The summed E-state index contributed by atoms with van der Waals surface area (Å²) < 4.78 is 0. The Morgan fingerprint density at radius 3 is 0.525 bits per heavy atom. The normalized spacial score (nSPS) is 14.1. The zero-order valence-corrected chi connectivity index (χ0v) is 40.6. The average molecular weight is 887 g/mol. The molecule has 0 saturated carbocycles. The van der Waals surface area contributed by atoms with Gasteiger partial charge in [0.15, 0.2) is 0 Å². The van der Waals surface area contributed by atoms with Crippen LogP contribution >= 0.6 is 0 Å². The van der Waals surface area contributed by atoms with Crippen molar-refractivity contribution in [3.05, 3.63) is 155 Å². The minimum absolute atomic E-state index is 0. The van der Waals surface area contributed by atoms with Gasteiger partial charge < -0.3 is 19.6 Å². The van der Waals surface area contributed by atoms with Crippen LogP contribution in [0.1, 0.15) is 203 Å². The first-order chi connectivity index (χ1) is 27.4. The Bertz CT molecular complexity index is 1650. The van der Waals surface area contributed by atoms with Gasteiger partial charge in [-0.25, -0.2) is 0 Å². The van der Waals surface area contributed by atoms with Crippen LogP contribution in [0.3, 0.4) is 0 Å². The second kappa shape index (κ2) is 20.7. The predicted octanol–water partition coefficient (Wildman–Crippen LogP) is 16.2. The predicted molar refractivity (Wildman–Crippen MR) is 255 cm³/mol. The van der Waals surface area contributed by atoms with Gasteiger partial charge in [-0.1, -0.05) is 184 Å². The molecule has 0 saturated heterocycles. The molecule has 0 fully saturated rings. The first-order valence-electron chi connectivity index (χ1n) is 22.1. The van der Waals surface area contributed by atoms with Crippen LogP contribution in [-0.4, -0.2) is 0 Å². The molecule has 0 unspecified atom stereocenters. The van der Waals surface area contributed by atoms with Crippen molar-refractivity contribution >= 4 is 22.7 Å². The molecule has 0 radical (unpaired) electrons. The van der Waals surface area contributed by atoms with Gasteiger partial charge in [0.25, 0.3) is 0 Å². The number of para-hydroxylation sites is 4. The first kappa shape index (κ1) is 48.0. The molecule has 2 heterocycles. The van der Waals surface area contributed by atoms with Crippen LogP contribution in [0, 0.1) is 13.3 Å². The van der Waals surface area contributed by atoms with E-state index in [0.29, 0.717) is 47.3 Å². The largest absolute Gasteiger partial charge is 1.00 e. The molecule has 0 N–H and O–H groups in total. The molecule has 0 aliphatic carbocycles. The third-order valence-corrected chi connectivity index (χ3v) is 11.7. The summed E-state index contributed by atoms with van der Waals surface area (Å²) in [6, 6.07) is 27.0. The van der Waals surface area contributed by atoms with Crippen molar-refractivity contribution in [1.82, 2.24) is 0 Å². The van der Waals surface area contributed by atoms with Crippen molar-refractivity contribution in [2.45, 2.75) is 158 Å². The molecule has 0 amide bonds. The number of rotatable bonds is 12. The zero-order valence-electron chi connectivity index (χ0n) is 39.1. The Labute approximate surface area is 376 Å². The molecule has 4 aromatic rings. The summed E-state index contributed by atoms with van der Waals surface area (Å²) in [5, 5.41) is 0. The number of benzene rings is 4. The van der Waals surface area contributed by atoms with Crippen LogP contribution in [0.15, 0.2) is 97.6 Å². The number of nitrogens with zero attached hydrogens (tertiary/aromatic N) is 4. The molecule has 59 heavy (non-hydrogen) atoms. The summed E-state index contributed by atoms with van der Waals surface area (Å²) >= 11 is 0. The quantitative estimate of drug-likeness (QED) is 0.104. The summed E-state index contributed by atoms with van der Waals surface area (Å²) in [6.07, 6.45) is 8.87. The molecule has 0 aromatic heterocycles. The summed E-state index contributed by atoms with van der Waals surface area (Å²) in [4.78, 5) is 9.30. The Kier molecular flexibility index (Phi) is 16.8. The molecular formula is C54H74AgN4-. The van der Waals surface area contributed by atoms with Crippen molar-refractivity contribution in [2.75, 3.05) is 19.6 Å². The molecule has 2 aliphatic rings. The van der Waals surface area contributed by atoms with Gasteiger partial charge in [-0.3, -0.25) is 0 Å². The van der Waals surface area contributed by atoms with E-state index < -0.39 is 0 Å². The minimum Gasteiger partial charge on any atom is -0.479 e. The third-order valence-electron chi connectivity index (χ3n) is 11.7. The summed E-state index contributed by atoms with van der Waals surface area (Å²) in [7, 11) is 0. The van der Waals surface area contributed by atoms with Gasteiger partial charge in [0, 0.05) is 22.7 Å². The second-order valence-corrected chi connectivity index (χ2v) is 18.8. The molecule has 322 valence electrons. The van der Waals surface area contributed by atoms with Crippen molar-refractivity contribution < 1.29 is 22.4 Å². The van der Waals surface area contributed by atoms with Gasteiger partial charge in [0.2, 0.25) is 0 Å². The number of hydrogen-bond donors (Lipinski definition) is 0. The fraction of sp³-hybridized carbons (Fsp3) is 0.444. The molecule has 4 aromatic carbocycles. The van der Waals surface area contributed by atoms with Crippen LogP contribution < -0.4 is 19.6 Å². The van der Waals surface area contributed by atoms with E-state index in [9.17, 15) is 0 Å². The van der Waals surface area contributed by atoms with Crippen LogP contribution in [0.2, 0.25) is 0 Å². The Hall–Kier alpha value is -3.70. The molecule has 2 aliphatic heterocycles. The van der Waals surface area contributed by atoms with Crippen molar-refractivity contribution in [3.8, 4) is 0 Å². The van der Waals surface area contributed by atoms with Crippen molar-refractivity contribution in [2.24, 2.45) is 0 Å². The summed E-state index contributed by atoms with van der Waals surface area (Å²) in [6.45, 7) is 41.1. The maximum absolute atomic E-state index is 2.33. The van der Waals surface area contributed by atoms with Crippen LogP contribution in [0.25, 0.3) is 0 Å². The third kappa shape index (κ3) is 10.6. The van der Waals surface area contributed by atoms with E-state index in [1.165, 1.54) is 67.3 Å². The van der Waals surface area contributed by atoms with Crippen LogP contribution in [0.4, 0.5) is 22.7 Å². The molecule has 6 rings (SSSR count). The van der Waals surface area contributed by atoms with E-state index in [0.717, 1.165) is 0 Å². The topological polar surface area (TPSA) is 13.0 Å². The molecule has 0 atom stereocenters. The van der Waals surface area contributed by atoms with E-state index in [4.69, 9.17) is 0 Å². The Balaban J connectivity index is 0.000000256. The molecule has 5 heteroatoms. The van der Waals surface area contributed by atoms with Gasteiger partial charge in [-0.15, -0.1) is 13.3 Å². The Morgan fingerprint density at radius 2 is 0.407 bits per heavy atom. The van der Waals surface area contributed by atoms with Crippen molar-refractivity contribution in [1.29, 1.82) is 0 Å². The maximum atomic E-state index is 2.33. The van der Waals surface area contributed by atoms with E-state index in [2.05, 4.69) is 241 Å². The fourth-order valence-corrected chi connectivity index (χ4v) is 8.48. The molecule has 4 nitrogen and oxygen atoms in total. The number of hydrogen-bond acceptors (Lipinski definition) is 4. The minimum atomic E-state index is 0. The van der Waals surface area contributed by atoms with Gasteiger partial charge in [0.05, 0.1) is 0 Å². The van der Waals surface area contributed by atoms with Crippen LogP contribution in [-0.2, 0) is 22.4 Å². The standard InChI is InChI=1S/2C27H37N2.Ag/c2*1-18(2)22-11-9-12-23(19(3)4)26(22)28-15-16-29(17-28)27-24(20(5)6)13-10-14-25(27)21(7)8;/h2*9-21H,1-8H3;/q2*-1;+1. The smallest absolute Gasteiger partial charge is 0.479 e. The maximum Gasteiger partial charge on any atom is 1.00 e. The van der Waals surface area contributed by atoms with Crippen LogP contribution in [0.5, 0.6) is 0 Å². The van der Waals surface area contributed by atoms with Gasteiger partial charge in [-0.05, 0) is 117 Å².